The zero-order valence-electron chi connectivity index (χ0n) is 9.80. The summed E-state index contributed by atoms with van der Waals surface area (Å²) >= 11 is 0. The fourth-order valence-corrected chi connectivity index (χ4v) is 1.88. The molecule has 2 unspecified atom stereocenters. The molecular formula is C11H14N4O2. The zero-order chi connectivity index (χ0) is 12.4. The van der Waals surface area contributed by atoms with Crippen LogP contribution in [0.1, 0.15) is 18.9 Å². The number of hydrogen-bond acceptors (Lipinski definition) is 4. The van der Waals surface area contributed by atoms with Crippen molar-refractivity contribution in [1.29, 1.82) is 5.26 Å². The van der Waals surface area contributed by atoms with Gasteiger partial charge in [0.1, 0.15) is 11.6 Å². The Labute approximate surface area is 99.2 Å². The summed E-state index contributed by atoms with van der Waals surface area (Å²) < 4.78 is 6.84. The van der Waals surface area contributed by atoms with Gasteiger partial charge in [0.05, 0.1) is 18.6 Å². The lowest BCUT2D eigenvalue weighted by Gasteiger charge is -2.07. The maximum absolute atomic E-state index is 11.9. The summed E-state index contributed by atoms with van der Waals surface area (Å²) in [6, 6.07) is 1.99. The van der Waals surface area contributed by atoms with E-state index in [1.54, 1.807) is 13.2 Å². The van der Waals surface area contributed by atoms with Gasteiger partial charge in [-0.25, -0.2) is 0 Å². The van der Waals surface area contributed by atoms with Crippen molar-refractivity contribution in [3.05, 3.63) is 11.8 Å². The largest absolute Gasteiger partial charge is 0.378 e. The fraction of sp³-hybridized carbons (Fsp3) is 0.545. The standard InChI is InChI=1S/C11H14N4O2/c1-7-3-8(6-17-7)11(16)13-10-9(4-12)5-15(2)14-10/h5,7-8H,3,6H2,1-2H3,(H,13,14,16). The van der Waals surface area contributed by atoms with Gasteiger partial charge >= 0.3 is 0 Å². The first-order valence-corrected chi connectivity index (χ1v) is 5.46. The number of carbonyl (C=O) groups excluding carboxylic acids is 1. The van der Waals surface area contributed by atoms with E-state index in [-0.39, 0.29) is 17.9 Å². The number of rotatable bonds is 2. The molecular weight excluding hydrogens is 220 g/mol. The number of nitrogens with zero attached hydrogens (tertiary/aromatic N) is 3. The Morgan fingerprint density at radius 1 is 1.76 bits per heavy atom. The van der Waals surface area contributed by atoms with E-state index in [4.69, 9.17) is 10.00 Å². The van der Waals surface area contributed by atoms with Gasteiger partial charge < -0.3 is 10.1 Å². The molecule has 0 radical (unpaired) electrons. The SMILES string of the molecule is CC1CC(C(=O)Nc2nn(C)cc2C#N)CO1. The predicted molar refractivity (Wildman–Crippen MR) is 60.1 cm³/mol. The van der Waals surface area contributed by atoms with Crippen LogP contribution in [0, 0.1) is 17.2 Å². The van der Waals surface area contributed by atoms with Crippen molar-refractivity contribution in [2.45, 2.75) is 19.4 Å². The lowest BCUT2D eigenvalue weighted by Crippen LogP contribution is -2.23. The molecule has 2 rings (SSSR count). The molecule has 1 aromatic rings. The van der Waals surface area contributed by atoms with Crippen LogP contribution in [0.15, 0.2) is 6.20 Å². The van der Waals surface area contributed by atoms with Gasteiger partial charge in [0.25, 0.3) is 0 Å². The Kier molecular flexibility index (Phi) is 3.11. The van der Waals surface area contributed by atoms with Crippen LogP contribution in [0.5, 0.6) is 0 Å². The maximum atomic E-state index is 11.9. The van der Waals surface area contributed by atoms with Crippen molar-refractivity contribution in [2.24, 2.45) is 13.0 Å². The Morgan fingerprint density at radius 2 is 2.53 bits per heavy atom. The topological polar surface area (TPSA) is 79.9 Å². The van der Waals surface area contributed by atoms with Crippen molar-refractivity contribution in [3.8, 4) is 6.07 Å². The summed E-state index contributed by atoms with van der Waals surface area (Å²) in [5, 5.41) is 15.6. The van der Waals surface area contributed by atoms with Gasteiger partial charge in [-0.1, -0.05) is 0 Å². The quantitative estimate of drug-likeness (QED) is 0.815. The van der Waals surface area contributed by atoms with E-state index < -0.39 is 0 Å². The normalized spacial score (nSPS) is 23.4. The number of ether oxygens (including phenoxy) is 1. The highest BCUT2D eigenvalue weighted by Crippen LogP contribution is 2.21. The molecule has 6 heteroatoms. The molecule has 0 aromatic carbocycles. The molecule has 1 saturated heterocycles. The second-order valence-corrected chi connectivity index (χ2v) is 4.24. The Hall–Kier alpha value is -1.87. The van der Waals surface area contributed by atoms with Gasteiger partial charge in [0.15, 0.2) is 5.82 Å². The molecule has 0 bridgehead atoms. The van der Waals surface area contributed by atoms with Crippen molar-refractivity contribution in [3.63, 3.8) is 0 Å². The number of nitrogens with one attached hydrogen (secondary N) is 1. The third kappa shape index (κ3) is 2.45. The first kappa shape index (κ1) is 11.6. The van der Waals surface area contributed by atoms with E-state index in [1.807, 2.05) is 13.0 Å². The molecule has 1 amide bonds. The highest BCUT2D eigenvalue weighted by molar-refractivity contribution is 5.93. The second kappa shape index (κ2) is 4.55. The third-order valence-electron chi connectivity index (χ3n) is 2.76. The Morgan fingerprint density at radius 3 is 3.12 bits per heavy atom. The zero-order valence-corrected chi connectivity index (χ0v) is 9.80. The molecule has 17 heavy (non-hydrogen) atoms. The Bertz CT molecular complexity index is 474. The lowest BCUT2D eigenvalue weighted by molar-refractivity contribution is -0.119. The van der Waals surface area contributed by atoms with Crippen LogP contribution in [0.3, 0.4) is 0 Å². The number of nitriles is 1. The third-order valence-corrected chi connectivity index (χ3v) is 2.76. The van der Waals surface area contributed by atoms with E-state index in [9.17, 15) is 4.79 Å². The smallest absolute Gasteiger partial charge is 0.231 e. The van der Waals surface area contributed by atoms with Crippen LogP contribution in [-0.2, 0) is 16.6 Å². The fourth-order valence-electron chi connectivity index (χ4n) is 1.88. The average molecular weight is 234 g/mol. The molecule has 1 aliphatic rings. The highest BCUT2D eigenvalue weighted by atomic mass is 16.5. The molecule has 1 fully saturated rings. The summed E-state index contributed by atoms with van der Waals surface area (Å²) in [5.74, 6) is 0.0302. The molecule has 0 saturated carbocycles. The number of anilines is 1. The van der Waals surface area contributed by atoms with E-state index in [0.717, 1.165) is 0 Å². The first-order valence-electron chi connectivity index (χ1n) is 5.46. The Balaban J connectivity index is 2.05. The van der Waals surface area contributed by atoms with Crippen molar-refractivity contribution < 1.29 is 9.53 Å². The molecule has 2 heterocycles. The van der Waals surface area contributed by atoms with Crippen LogP contribution in [0.4, 0.5) is 5.82 Å². The van der Waals surface area contributed by atoms with E-state index in [0.29, 0.717) is 24.4 Å². The van der Waals surface area contributed by atoms with Gasteiger partial charge in [-0.05, 0) is 13.3 Å². The van der Waals surface area contributed by atoms with Crippen molar-refractivity contribution >= 4 is 11.7 Å². The van der Waals surface area contributed by atoms with Gasteiger partial charge in [-0.2, -0.15) is 10.4 Å². The van der Waals surface area contributed by atoms with E-state index in [1.165, 1.54) is 4.68 Å². The number of aryl methyl sites for hydroxylation is 1. The predicted octanol–water partition coefficient (Wildman–Crippen LogP) is 0.655. The number of carbonyl (C=O) groups is 1. The van der Waals surface area contributed by atoms with Gasteiger partial charge in [0, 0.05) is 13.2 Å². The molecule has 90 valence electrons. The number of amides is 1. The summed E-state index contributed by atoms with van der Waals surface area (Å²) in [7, 11) is 1.71. The van der Waals surface area contributed by atoms with Crippen LogP contribution in [-0.4, -0.2) is 28.4 Å². The van der Waals surface area contributed by atoms with Crippen LogP contribution < -0.4 is 5.32 Å². The minimum Gasteiger partial charge on any atom is -0.378 e. The second-order valence-electron chi connectivity index (χ2n) is 4.24. The number of hydrogen-bond donors (Lipinski definition) is 1. The average Bonchev–Trinajstić information content (AvgIpc) is 2.85. The first-order chi connectivity index (χ1) is 8.10. The van der Waals surface area contributed by atoms with Crippen molar-refractivity contribution in [2.75, 3.05) is 11.9 Å². The van der Waals surface area contributed by atoms with E-state index >= 15 is 0 Å². The molecule has 0 aliphatic carbocycles. The molecule has 1 N–H and O–H groups in total. The van der Waals surface area contributed by atoms with Crippen LogP contribution in [0.25, 0.3) is 0 Å². The minimum atomic E-state index is -0.154. The van der Waals surface area contributed by atoms with Crippen LogP contribution in [0.2, 0.25) is 0 Å². The molecule has 1 aromatic heterocycles. The van der Waals surface area contributed by atoms with E-state index in [2.05, 4.69) is 10.4 Å². The minimum absolute atomic E-state index is 0.116. The van der Waals surface area contributed by atoms with Gasteiger partial charge in [-0.15, -0.1) is 0 Å². The highest BCUT2D eigenvalue weighted by Gasteiger charge is 2.29. The molecule has 6 nitrogen and oxygen atoms in total. The maximum Gasteiger partial charge on any atom is 0.231 e. The summed E-state index contributed by atoms with van der Waals surface area (Å²) in [6.07, 6.45) is 2.40. The number of aromatic nitrogens is 2. The van der Waals surface area contributed by atoms with Crippen molar-refractivity contribution in [1.82, 2.24) is 9.78 Å². The monoisotopic (exact) mass is 234 g/mol. The summed E-state index contributed by atoms with van der Waals surface area (Å²) in [4.78, 5) is 11.9. The van der Waals surface area contributed by atoms with Gasteiger partial charge in [-0.3, -0.25) is 9.48 Å². The molecule has 1 aliphatic heterocycles. The summed E-state index contributed by atoms with van der Waals surface area (Å²) in [5.41, 5.74) is 0.368. The lowest BCUT2D eigenvalue weighted by atomic mass is 10.1. The summed E-state index contributed by atoms with van der Waals surface area (Å²) in [6.45, 7) is 2.37. The van der Waals surface area contributed by atoms with Crippen LogP contribution >= 0.6 is 0 Å². The van der Waals surface area contributed by atoms with Gasteiger partial charge in [0.2, 0.25) is 5.91 Å². The molecule has 0 spiro atoms. The molecule has 2 atom stereocenters.